The fourth-order valence-electron chi connectivity index (χ4n) is 2.30. The Morgan fingerprint density at radius 1 is 1.23 bits per heavy atom. The van der Waals surface area contributed by atoms with Crippen molar-refractivity contribution in [2.75, 3.05) is 13.7 Å². The molecule has 0 radical (unpaired) electrons. The van der Waals surface area contributed by atoms with E-state index in [9.17, 15) is 4.79 Å². The number of ether oxygens (including phenoxy) is 3. The Morgan fingerprint density at radius 2 is 2.00 bits per heavy atom. The summed E-state index contributed by atoms with van der Waals surface area (Å²) < 4.78 is 15.9. The van der Waals surface area contributed by atoms with Crippen LogP contribution in [0.15, 0.2) is 53.2 Å². The predicted octanol–water partition coefficient (Wildman–Crippen LogP) is 3.71. The van der Waals surface area contributed by atoms with Gasteiger partial charge in [0.2, 0.25) is 5.90 Å². The second kappa shape index (κ2) is 7.77. The van der Waals surface area contributed by atoms with E-state index in [0.717, 1.165) is 0 Å². The third-order valence-electron chi connectivity index (χ3n) is 3.51. The van der Waals surface area contributed by atoms with Gasteiger partial charge in [-0.25, -0.2) is 9.79 Å². The van der Waals surface area contributed by atoms with Crippen LogP contribution in [0.4, 0.5) is 0 Å². The third-order valence-corrected chi connectivity index (χ3v) is 3.77. The lowest BCUT2D eigenvalue weighted by atomic mass is 10.1. The summed E-state index contributed by atoms with van der Waals surface area (Å²) in [6.07, 6.45) is 6.80. The molecule has 0 saturated carbocycles. The zero-order chi connectivity index (χ0) is 18.5. The van der Waals surface area contributed by atoms with Gasteiger partial charge in [-0.15, -0.1) is 6.42 Å². The van der Waals surface area contributed by atoms with E-state index in [4.69, 9.17) is 32.2 Å². The fraction of sp³-hybridized carbons (Fsp3) is 0.100. The minimum absolute atomic E-state index is 0.137. The fourth-order valence-corrected chi connectivity index (χ4v) is 2.42. The first-order valence-electron chi connectivity index (χ1n) is 7.63. The molecule has 0 unspecified atom stereocenters. The Bertz CT molecular complexity index is 939. The van der Waals surface area contributed by atoms with Crippen LogP contribution in [-0.2, 0) is 9.53 Å². The van der Waals surface area contributed by atoms with Crippen molar-refractivity contribution in [2.24, 2.45) is 4.99 Å². The molecule has 0 amide bonds. The van der Waals surface area contributed by atoms with E-state index in [1.54, 1.807) is 48.5 Å². The minimum Gasteiger partial charge on any atom is -0.493 e. The predicted molar refractivity (Wildman–Crippen MR) is 99.4 cm³/mol. The Hall–Kier alpha value is -3.23. The highest BCUT2D eigenvalue weighted by Gasteiger charge is 2.24. The number of cyclic esters (lactones) is 1. The van der Waals surface area contributed by atoms with E-state index >= 15 is 0 Å². The summed E-state index contributed by atoms with van der Waals surface area (Å²) in [4.78, 5) is 16.3. The minimum atomic E-state index is -0.526. The molecule has 1 heterocycles. The number of esters is 1. The Morgan fingerprint density at radius 3 is 2.69 bits per heavy atom. The van der Waals surface area contributed by atoms with Crippen molar-refractivity contribution in [3.8, 4) is 23.8 Å². The van der Waals surface area contributed by atoms with Crippen LogP contribution in [0.3, 0.4) is 0 Å². The molecule has 0 saturated heterocycles. The lowest BCUT2D eigenvalue weighted by molar-refractivity contribution is -0.129. The van der Waals surface area contributed by atoms with E-state index in [1.807, 2.05) is 0 Å². The summed E-state index contributed by atoms with van der Waals surface area (Å²) in [6, 6.07) is 12.1. The van der Waals surface area contributed by atoms with Crippen LogP contribution >= 0.6 is 11.6 Å². The van der Waals surface area contributed by atoms with Crippen LogP contribution in [-0.4, -0.2) is 25.6 Å². The average molecular weight is 368 g/mol. The quantitative estimate of drug-likeness (QED) is 0.459. The number of terminal acetylenes is 1. The molecule has 0 N–H and O–H groups in total. The molecule has 6 heteroatoms. The molecule has 0 spiro atoms. The van der Waals surface area contributed by atoms with Crippen LogP contribution in [0, 0.1) is 12.3 Å². The highest BCUT2D eigenvalue weighted by Crippen LogP contribution is 2.29. The zero-order valence-electron chi connectivity index (χ0n) is 13.9. The SMILES string of the molecule is C#CCOc1ccc(/C=C2/N=C(c3ccc(Cl)cc3)OC2=O)cc1OC. The van der Waals surface area contributed by atoms with Gasteiger partial charge < -0.3 is 14.2 Å². The second-order valence-electron chi connectivity index (χ2n) is 5.25. The van der Waals surface area contributed by atoms with Crippen molar-refractivity contribution in [1.29, 1.82) is 0 Å². The van der Waals surface area contributed by atoms with Gasteiger partial charge in [-0.05, 0) is 48.0 Å². The highest BCUT2D eigenvalue weighted by atomic mass is 35.5. The number of nitrogens with zero attached hydrogens (tertiary/aromatic N) is 1. The van der Waals surface area contributed by atoms with Gasteiger partial charge in [0, 0.05) is 10.6 Å². The van der Waals surface area contributed by atoms with Crippen molar-refractivity contribution in [3.63, 3.8) is 0 Å². The number of carbonyl (C=O) groups is 1. The maximum atomic E-state index is 12.1. The van der Waals surface area contributed by atoms with Crippen LogP contribution in [0.2, 0.25) is 5.02 Å². The van der Waals surface area contributed by atoms with Crippen LogP contribution in [0.5, 0.6) is 11.5 Å². The summed E-state index contributed by atoms with van der Waals surface area (Å²) >= 11 is 5.86. The second-order valence-corrected chi connectivity index (χ2v) is 5.68. The number of hydrogen-bond donors (Lipinski definition) is 0. The molecule has 1 aliphatic rings. The van der Waals surface area contributed by atoms with Gasteiger partial charge >= 0.3 is 5.97 Å². The lowest BCUT2D eigenvalue weighted by Crippen LogP contribution is -2.05. The molecule has 1 aliphatic heterocycles. The number of carbonyl (C=O) groups excluding carboxylic acids is 1. The van der Waals surface area contributed by atoms with Crippen LogP contribution in [0.1, 0.15) is 11.1 Å². The van der Waals surface area contributed by atoms with Gasteiger partial charge in [-0.3, -0.25) is 0 Å². The van der Waals surface area contributed by atoms with Crippen molar-refractivity contribution in [2.45, 2.75) is 0 Å². The largest absolute Gasteiger partial charge is 0.493 e. The summed E-state index contributed by atoms with van der Waals surface area (Å²) in [6.45, 7) is 0.137. The summed E-state index contributed by atoms with van der Waals surface area (Å²) in [5, 5.41) is 0.591. The number of halogens is 1. The van der Waals surface area contributed by atoms with Crippen molar-refractivity contribution in [3.05, 3.63) is 64.3 Å². The smallest absolute Gasteiger partial charge is 0.363 e. The van der Waals surface area contributed by atoms with E-state index in [0.29, 0.717) is 27.6 Å². The first-order chi connectivity index (χ1) is 12.6. The molecule has 2 aromatic rings. The molecular weight excluding hydrogens is 354 g/mol. The third kappa shape index (κ3) is 3.88. The molecule has 3 rings (SSSR count). The number of rotatable bonds is 5. The van der Waals surface area contributed by atoms with Crippen LogP contribution in [0.25, 0.3) is 6.08 Å². The van der Waals surface area contributed by atoms with Gasteiger partial charge in [0.15, 0.2) is 17.2 Å². The maximum absolute atomic E-state index is 12.1. The lowest BCUT2D eigenvalue weighted by Gasteiger charge is -2.09. The monoisotopic (exact) mass is 367 g/mol. The average Bonchev–Trinajstić information content (AvgIpc) is 3.01. The standard InChI is InChI=1S/C20H14ClNO4/c1-3-10-25-17-9-4-13(12-18(17)24-2)11-16-20(23)26-19(22-16)14-5-7-15(21)8-6-14/h1,4-9,11-12H,10H2,2H3/b16-11+. The van der Waals surface area contributed by atoms with E-state index in [1.165, 1.54) is 7.11 Å². The normalized spacial score (nSPS) is 14.6. The van der Waals surface area contributed by atoms with Crippen LogP contribution < -0.4 is 9.47 Å². The molecule has 0 aromatic heterocycles. The number of benzene rings is 2. The molecule has 0 atom stereocenters. The van der Waals surface area contributed by atoms with E-state index in [2.05, 4.69) is 10.9 Å². The molecule has 5 nitrogen and oxygen atoms in total. The van der Waals surface area contributed by atoms with Crippen molar-refractivity contribution >= 4 is 29.5 Å². The van der Waals surface area contributed by atoms with Crippen molar-refractivity contribution in [1.82, 2.24) is 0 Å². The van der Waals surface area contributed by atoms with E-state index < -0.39 is 5.97 Å². The van der Waals surface area contributed by atoms with Gasteiger partial charge in [-0.1, -0.05) is 23.6 Å². The summed E-state index contributed by atoms with van der Waals surface area (Å²) in [5.41, 5.74) is 1.57. The molecule has 26 heavy (non-hydrogen) atoms. The number of aliphatic imine (C=N–C) groups is 1. The van der Waals surface area contributed by atoms with E-state index in [-0.39, 0.29) is 18.2 Å². The Balaban J connectivity index is 1.88. The topological polar surface area (TPSA) is 57.1 Å². The molecule has 0 fully saturated rings. The Labute approximate surface area is 155 Å². The first-order valence-corrected chi connectivity index (χ1v) is 8.01. The highest BCUT2D eigenvalue weighted by molar-refractivity contribution is 6.30. The Kier molecular flexibility index (Phi) is 5.26. The van der Waals surface area contributed by atoms with Gasteiger partial charge in [0.05, 0.1) is 7.11 Å². The molecular formula is C20H14ClNO4. The maximum Gasteiger partial charge on any atom is 0.363 e. The molecule has 0 bridgehead atoms. The van der Waals surface area contributed by atoms with Gasteiger partial charge in [0.1, 0.15) is 6.61 Å². The first kappa shape index (κ1) is 17.6. The van der Waals surface area contributed by atoms with Gasteiger partial charge in [-0.2, -0.15) is 0 Å². The summed E-state index contributed by atoms with van der Waals surface area (Å²) in [5.74, 6) is 3.13. The molecule has 130 valence electrons. The van der Waals surface area contributed by atoms with Gasteiger partial charge in [0.25, 0.3) is 0 Å². The number of hydrogen-bond acceptors (Lipinski definition) is 5. The molecule has 2 aromatic carbocycles. The zero-order valence-corrected chi connectivity index (χ0v) is 14.6. The molecule has 0 aliphatic carbocycles. The van der Waals surface area contributed by atoms with Crippen molar-refractivity contribution < 1.29 is 19.0 Å². The summed E-state index contributed by atoms with van der Waals surface area (Å²) in [7, 11) is 1.52. The number of methoxy groups -OCH3 is 1.